The summed E-state index contributed by atoms with van der Waals surface area (Å²) in [6.45, 7) is 5.05. The number of hydrogen-bond donors (Lipinski definition) is 1. The third-order valence-corrected chi connectivity index (χ3v) is 2.70. The van der Waals surface area contributed by atoms with Crippen molar-refractivity contribution in [3.8, 4) is 0 Å². The summed E-state index contributed by atoms with van der Waals surface area (Å²) >= 11 is 0. The zero-order chi connectivity index (χ0) is 11.2. The Hall–Kier alpha value is -1.48. The zero-order valence-electron chi connectivity index (χ0n) is 9.65. The van der Waals surface area contributed by atoms with Gasteiger partial charge < -0.3 is 14.3 Å². The first-order chi connectivity index (χ1) is 7.90. The van der Waals surface area contributed by atoms with Crippen LogP contribution in [0, 0.1) is 0 Å². The molecule has 0 unspecified atom stereocenters. The highest BCUT2D eigenvalue weighted by Gasteiger charge is 1.99. The Morgan fingerprint density at radius 1 is 1.31 bits per heavy atom. The van der Waals surface area contributed by atoms with E-state index in [9.17, 15) is 0 Å². The van der Waals surface area contributed by atoms with Gasteiger partial charge in [0.15, 0.2) is 0 Å². The monoisotopic (exact) mass is 218 g/mol. The van der Waals surface area contributed by atoms with Crippen molar-refractivity contribution in [3.63, 3.8) is 0 Å². The predicted molar refractivity (Wildman–Crippen MR) is 64.2 cm³/mol. The van der Waals surface area contributed by atoms with Gasteiger partial charge >= 0.3 is 0 Å². The first-order valence-corrected chi connectivity index (χ1v) is 5.77. The van der Waals surface area contributed by atoms with Crippen molar-refractivity contribution in [2.75, 3.05) is 6.54 Å². The first kappa shape index (κ1) is 11.0. The van der Waals surface area contributed by atoms with Crippen LogP contribution in [0.3, 0.4) is 0 Å². The van der Waals surface area contributed by atoms with Gasteiger partial charge in [-0.3, -0.25) is 0 Å². The van der Waals surface area contributed by atoms with Gasteiger partial charge in [0.2, 0.25) is 0 Å². The lowest BCUT2D eigenvalue weighted by molar-refractivity contribution is 0.497. The SMILES string of the molecule is CCn1cccc1CNCCc1ccco1. The summed E-state index contributed by atoms with van der Waals surface area (Å²) in [7, 11) is 0. The Bertz CT molecular complexity index is 403. The molecule has 2 aromatic heterocycles. The maximum Gasteiger partial charge on any atom is 0.105 e. The van der Waals surface area contributed by atoms with Crippen LogP contribution in [0.5, 0.6) is 0 Å². The van der Waals surface area contributed by atoms with E-state index >= 15 is 0 Å². The quantitative estimate of drug-likeness (QED) is 0.755. The smallest absolute Gasteiger partial charge is 0.105 e. The van der Waals surface area contributed by atoms with Crippen LogP contribution in [-0.2, 0) is 19.5 Å². The van der Waals surface area contributed by atoms with Crippen molar-refractivity contribution in [2.45, 2.75) is 26.4 Å². The minimum Gasteiger partial charge on any atom is -0.469 e. The maximum absolute atomic E-state index is 5.27. The lowest BCUT2D eigenvalue weighted by atomic mass is 10.3. The summed E-state index contributed by atoms with van der Waals surface area (Å²) in [6.07, 6.45) is 4.78. The van der Waals surface area contributed by atoms with Gasteiger partial charge in [0.05, 0.1) is 6.26 Å². The molecule has 0 atom stereocenters. The van der Waals surface area contributed by atoms with Gasteiger partial charge in [0, 0.05) is 37.9 Å². The van der Waals surface area contributed by atoms with Crippen molar-refractivity contribution in [3.05, 3.63) is 48.2 Å². The van der Waals surface area contributed by atoms with Crippen LogP contribution in [0.4, 0.5) is 0 Å². The Balaban J connectivity index is 1.72. The van der Waals surface area contributed by atoms with Gasteiger partial charge in [-0.1, -0.05) is 0 Å². The molecule has 0 fully saturated rings. The number of aryl methyl sites for hydroxylation is 1. The molecular formula is C13H18N2O. The van der Waals surface area contributed by atoms with Crippen molar-refractivity contribution >= 4 is 0 Å². The fourth-order valence-corrected chi connectivity index (χ4v) is 1.80. The van der Waals surface area contributed by atoms with Crippen molar-refractivity contribution < 1.29 is 4.42 Å². The van der Waals surface area contributed by atoms with Crippen LogP contribution in [0.15, 0.2) is 41.1 Å². The third kappa shape index (κ3) is 2.76. The van der Waals surface area contributed by atoms with E-state index in [1.54, 1.807) is 6.26 Å². The van der Waals surface area contributed by atoms with Gasteiger partial charge in [-0.15, -0.1) is 0 Å². The highest BCUT2D eigenvalue weighted by Crippen LogP contribution is 2.02. The molecule has 2 aromatic rings. The molecule has 3 nitrogen and oxygen atoms in total. The normalized spacial score (nSPS) is 10.8. The summed E-state index contributed by atoms with van der Waals surface area (Å²) in [6, 6.07) is 8.18. The second kappa shape index (κ2) is 5.56. The minimum absolute atomic E-state index is 0.918. The van der Waals surface area contributed by atoms with Crippen LogP contribution < -0.4 is 5.32 Å². The Labute approximate surface area is 96.1 Å². The van der Waals surface area contributed by atoms with Crippen LogP contribution in [0.25, 0.3) is 0 Å². The number of rotatable bonds is 6. The van der Waals surface area contributed by atoms with Gasteiger partial charge in [-0.05, 0) is 31.2 Å². The molecule has 0 radical (unpaired) electrons. The molecule has 2 rings (SSSR count). The first-order valence-electron chi connectivity index (χ1n) is 5.77. The lowest BCUT2D eigenvalue weighted by Crippen LogP contribution is -2.18. The fourth-order valence-electron chi connectivity index (χ4n) is 1.80. The van der Waals surface area contributed by atoms with E-state index in [1.807, 2.05) is 12.1 Å². The molecule has 0 bridgehead atoms. The molecule has 3 heteroatoms. The summed E-state index contributed by atoms with van der Waals surface area (Å²) in [5.41, 5.74) is 1.34. The Morgan fingerprint density at radius 3 is 3.00 bits per heavy atom. The average Bonchev–Trinajstić information content (AvgIpc) is 2.95. The lowest BCUT2D eigenvalue weighted by Gasteiger charge is -2.07. The van der Waals surface area contributed by atoms with E-state index in [2.05, 4.69) is 35.1 Å². The van der Waals surface area contributed by atoms with Gasteiger partial charge in [-0.2, -0.15) is 0 Å². The molecule has 0 aliphatic heterocycles. The molecule has 1 N–H and O–H groups in total. The van der Waals surface area contributed by atoms with Crippen LogP contribution in [0.1, 0.15) is 18.4 Å². The molecule has 0 aliphatic carbocycles. The largest absolute Gasteiger partial charge is 0.469 e. The maximum atomic E-state index is 5.27. The molecule has 0 aliphatic rings. The van der Waals surface area contributed by atoms with Crippen molar-refractivity contribution in [1.29, 1.82) is 0 Å². The van der Waals surface area contributed by atoms with Gasteiger partial charge in [-0.25, -0.2) is 0 Å². The Kier molecular flexibility index (Phi) is 3.83. The predicted octanol–water partition coefficient (Wildman–Crippen LogP) is 2.43. The summed E-state index contributed by atoms with van der Waals surface area (Å²) in [5.74, 6) is 1.04. The van der Waals surface area contributed by atoms with Crippen molar-refractivity contribution in [1.82, 2.24) is 9.88 Å². The molecule has 0 amide bonds. The second-order valence-electron chi connectivity index (χ2n) is 3.79. The molecule has 2 heterocycles. The second-order valence-corrected chi connectivity index (χ2v) is 3.79. The number of nitrogens with one attached hydrogen (secondary N) is 1. The zero-order valence-corrected chi connectivity index (χ0v) is 9.65. The number of furan rings is 1. The highest BCUT2D eigenvalue weighted by molar-refractivity contribution is 5.06. The molecular weight excluding hydrogens is 200 g/mol. The topological polar surface area (TPSA) is 30.1 Å². The van der Waals surface area contributed by atoms with E-state index < -0.39 is 0 Å². The van der Waals surface area contributed by atoms with E-state index in [1.165, 1.54) is 5.69 Å². The highest BCUT2D eigenvalue weighted by atomic mass is 16.3. The molecule has 0 saturated heterocycles. The van der Waals surface area contributed by atoms with Gasteiger partial charge in [0.1, 0.15) is 5.76 Å². The summed E-state index contributed by atoms with van der Waals surface area (Å²) in [5, 5.41) is 3.42. The molecule has 16 heavy (non-hydrogen) atoms. The van der Waals surface area contributed by atoms with E-state index in [0.717, 1.165) is 31.8 Å². The third-order valence-electron chi connectivity index (χ3n) is 2.70. The van der Waals surface area contributed by atoms with E-state index in [-0.39, 0.29) is 0 Å². The summed E-state index contributed by atoms with van der Waals surface area (Å²) < 4.78 is 7.52. The average molecular weight is 218 g/mol. The minimum atomic E-state index is 0.918. The van der Waals surface area contributed by atoms with Crippen LogP contribution in [-0.4, -0.2) is 11.1 Å². The standard InChI is InChI=1S/C13H18N2O/c1-2-15-9-3-5-12(15)11-14-8-7-13-6-4-10-16-13/h3-6,9-10,14H,2,7-8,11H2,1H3. The number of aromatic nitrogens is 1. The van der Waals surface area contributed by atoms with E-state index in [4.69, 9.17) is 4.42 Å². The van der Waals surface area contributed by atoms with Crippen LogP contribution >= 0.6 is 0 Å². The molecule has 0 saturated carbocycles. The van der Waals surface area contributed by atoms with Crippen molar-refractivity contribution in [2.24, 2.45) is 0 Å². The molecule has 0 aromatic carbocycles. The number of nitrogens with zero attached hydrogens (tertiary/aromatic N) is 1. The fraction of sp³-hybridized carbons (Fsp3) is 0.385. The van der Waals surface area contributed by atoms with E-state index in [0.29, 0.717) is 0 Å². The number of hydrogen-bond acceptors (Lipinski definition) is 2. The molecule has 86 valence electrons. The van der Waals surface area contributed by atoms with Crippen LogP contribution in [0.2, 0.25) is 0 Å². The molecule has 0 spiro atoms. The Morgan fingerprint density at radius 2 is 2.25 bits per heavy atom. The summed E-state index contributed by atoms with van der Waals surface area (Å²) in [4.78, 5) is 0. The van der Waals surface area contributed by atoms with Gasteiger partial charge in [0.25, 0.3) is 0 Å².